The number of carbonyl (C=O) groups excluding carboxylic acids is 1. The van der Waals surface area contributed by atoms with E-state index in [0.717, 1.165) is 5.56 Å². The second kappa shape index (κ2) is 8.17. The predicted molar refractivity (Wildman–Crippen MR) is 85.2 cm³/mol. The Hall–Kier alpha value is -1.37. The minimum Gasteiger partial charge on any atom is -0.468 e. The highest BCUT2D eigenvalue weighted by atomic mass is 16.5. The Labute approximate surface area is 127 Å². The predicted octanol–water partition coefficient (Wildman–Crippen LogP) is 1.16. The van der Waals surface area contributed by atoms with E-state index in [1.54, 1.807) is 7.11 Å². The summed E-state index contributed by atoms with van der Waals surface area (Å²) in [5, 5.41) is 6.54. The van der Waals surface area contributed by atoms with Crippen LogP contribution in [0.5, 0.6) is 0 Å². The number of hydrogen-bond acceptors (Lipinski definition) is 5. The van der Waals surface area contributed by atoms with E-state index >= 15 is 0 Å². The molecule has 0 heterocycles. The quantitative estimate of drug-likeness (QED) is 0.556. The van der Waals surface area contributed by atoms with Crippen molar-refractivity contribution in [2.24, 2.45) is 0 Å². The monoisotopic (exact) mass is 292 g/mol. The van der Waals surface area contributed by atoms with E-state index in [1.807, 2.05) is 51.1 Å². The molecular formula is C15H25BN2O3. The Kier molecular flexibility index (Phi) is 6.88. The smallest absolute Gasteiger partial charge is 0.360 e. The second-order valence-electron chi connectivity index (χ2n) is 5.59. The van der Waals surface area contributed by atoms with Crippen molar-refractivity contribution in [1.29, 1.82) is 0 Å². The first-order valence-corrected chi connectivity index (χ1v) is 7.05. The van der Waals surface area contributed by atoms with Crippen LogP contribution in [0.1, 0.15) is 32.4 Å². The summed E-state index contributed by atoms with van der Waals surface area (Å²) in [7, 11) is 3.37. The largest absolute Gasteiger partial charge is 0.468 e. The first kappa shape index (κ1) is 17.7. The number of methoxy groups -OCH3 is 1. The molecule has 0 saturated carbocycles. The lowest BCUT2D eigenvalue weighted by molar-refractivity contribution is -0.145. The van der Waals surface area contributed by atoms with Gasteiger partial charge in [0.15, 0.2) is 0 Å². The first-order valence-electron chi connectivity index (χ1n) is 7.05. The zero-order valence-electron chi connectivity index (χ0n) is 13.5. The van der Waals surface area contributed by atoms with E-state index in [0.29, 0.717) is 7.62 Å². The number of carbonyl (C=O) groups is 1. The topological polar surface area (TPSA) is 59.6 Å². The summed E-state index contributed by atoms with van der Waals surface area (Å²) in [6.07, 6.45) is 0. The Bertz CT molecular complexity index is 440. The zero-order chi connectivity index (χ0) is 15.9. The second-order valence-corrected chi connectivity index (χ2v) is 5.59. The van der Waals surface area contributed by atoms with Gasteiger partial charge in [0.05, 0.1) is 7.11 Å². The highest BCUT2D eigenvalue weighted by molar-refractivity contribution is 6.23. The van der Waals surface area contributed by atoms with Gasteiger partial charge in [0.2, 0.25) is 0 Å². The van der Waals surface area contributed by atoms with Gasteiger partial charge in [-0.3, -0.25) is 10.1 Å². The van der Waals surface area contributed by atoms with Gasteiger partial charge in [0.1, 0.15) is 6.04 Å². The third-order valence-corrected chi connectivity index (χ3v) is 3.55. The van der Waals surface area contributed by atoms with Gasteiger partial charge in [-0.2, -0.15) is 0 Å². The Balaban J connectivity index is 2.86. The van der Waals surface area contributed by atoms with Gasteiger partial charge in [0, 0.05) is 18.7 Å². The summed E-state index contributed by atoms with van der Waals surface area (Å²) < 4.78 is 9.97. The van der Waals surface area contributed by atoms with Gasteiger partial charge in [-0.05, 0) is 26.3 Å². The highest BCUT2D eigenvalue weighted by Gasteiger charge is 2.36. The maximum absolute atomic E-state index is 12.1. The molecule has 6 heteroatoms. The maximum atomic E-state index is 12.1. The number of nitrogens with one attached hydrogen (secondary N) is 2. The molecule has 2 atom stereocenters. The number of rotatable bonds is 8. The summed E-state index contributed by atoms with van der Waals surface area (Å²) in [6.45, 7) is 5.91. The average molecular weight is 292 g/mol. The third kappa shape index (κ3) is 5.15. The molecular weight excluding hydrogens is 267 g/mol. The Morgan fingerprint density at radius 1 is 1.24 bits per heavy atom. The van der Waals surface area contributed by atoms with Crippen LogP contribution in [-0.4, -0.2) is 39.4 Å². The van der Waals surface area contributed by atoms with Crippen molar-refractivity contribution in [3.63, 3.8) is 0 Å². The highest BCUT2D eigenvalue weighted by Crippen LogP contribution is 2.17. The lowest BCUT2D eigenvalue weighted by Gasteiger charge is -2.35. The number of hydrogen-bond donors (Lipinski definition) is 2. The summed E-state index contributed by atoms with van der Waals surface area (Å²) in [4.78, 5) is 12.1. The molecule has 0 amide bonds. The molecule has 2 N–H and O–H groups in total. The van der Waals surface area contributed by atoms with Gasteiger partial charge in [-0.25, -0.2) is 0 Å². The number of esters is 1. The summed E-state index contributed by atoms with van der Waals surface area (Å²) in [6, 6.07) is 9.53. The van der Waals surface area contributed by atoms with Gasteiger partial charge in [-0.15, -0.1) is 0 Å². The van der Waals surface area contributed by atoms with Gasteiger partial charge < -0.3 is 14.6 Å². The van der Waals surface area contributed by atoms with Crippen LogP contribution >= 0.6 is 0 Å². The van der Waals surface area contributed by atoms with Crippen LogP contribution < -0.4 is 10.5 Å². The van der Waals surface area contributed by atoms with E-state index < -0.39 is 11.6 Å². The molecule has 0 aromatic heterocycles. The van der Waals surface area contributed by atoms with Crippen LogP contribution in [0.4, 0.5) is 0 Å². The average Bonchev–Trinajstić information content (AvgIpc) is 2.50. The van der Waals surface area contributed by atoms with Crippen molar-refractivity contribution in [3.8, 4) is 0 Å². The maximum Gasteiger partial charge on any atom is 0.360 e. The molecule has 21 heavy (non-hydrogen) atoms. The molecule has 116 valence electrons. The van der Waals surface area contributed by atoms with Crippen LogP contribution in [0.15, 0.2) is 30.3 Å². The van der Waals surface area contributed by atoms with Crippen molar-refractivity contribution in [1.82, 2.24) is 10.5 Å². The molecule has 0 radical (unpaired) electrons. The fourth-order valence-electron chi connectivity index (χ4n) is 2.14. The van der Waals surface area contributed by atoms with Gasteiger partial charge in [0.25, 0.3) is 0 Å². The fourth-order valence-corrected chi connectivity index (χ4v) is 2.14. The van der Waals surface area contributed by atoms with Crippen molar-refractivity contribution < 1.29 is 14.2 Å². The van der Waals surface area contributed by atoms with E-state index in [2.05, 4.69) is 10.5 Å². The molecule has 0 unspecified atom stereocenters. The van der Waals surface area contributed by atoms with E-state index in [1.165, 1.54) is 7.11 Å². The molecule has 1 rings (SSSR count). The van der Waals surface area contributed by atoms with Gasteiger partial charge in [-0.1, -0.05) is 30.3 Å². The molecule has 0 aliphatic rings. The lowest BCUT2D eigenvalue weighted by atomic mass is 9.90. The summed E-state index contributed by atoms with van der Waals surface area (Å²) >= 11 is 0. The molecule has 0 aliphatic carbocycles. The van der Waals surface area contributed by atoms with Crippen LogP contribution in [-0.2, 0) is 14.2 Å². The third-order valence-electron chi connectivity index (χ3n) is 3.55. The molecule has 0 spiro atoms. The van der Waals surface area contributed by atoms with Crippen molar-refractivity contribution in [2.75, 3.05) is 14.2 Å². The van der Waals surface area contributed by atoms with Crippen LogP contribution in [0, 0.1) is 0 Å². The normalized spacial score (nSPS) is 14.3. The molecule has 0 saturated heterocycles. The summed E-state index contributed by atoms with van der Waals surface area (Å²) in [5.74, 6) is -0.300. The SMILES string of the molecule is COBNC(C)(C)[C@H](N[C@@H](C)c1ccccc1)C(=O)OC. The number of ether oxygens (including phenoxy) is 1. The van der Waals surface area contributed by atoms with E-state index in [-0.39, 0.29) is 12.0 Å². The molecule has 0 aliphatic heterocycles. The molecule has 1 aromatic carbocycles. The van der Waals surface area contributed by atoms with Crippen molar-refractivity contribution in [2.45, 2.75) is 38.4 Å². The number of benzene rings is 1. The van der Waals surface area contributed by atoms with Crippen LogP contribution in [0.2, 0.25) is 0 Å². The van der Waals surface area contributed by atoms with Crippen molar-refractivity contribution in [3.05, 3.63) is 35.9 Å². The fraction of sp³-hybridized carbons (Fsp3) is 0.533. The van der Waals surface area contributed by atoms with E-state index in [9.17, 15) is 4.79 Å². The lowest BCUT2D eigenvalue weighted by Crippen LogP contribution is -2.61. The van der Waals surface area contributed by atoms with E-state index in [4.69, 9.17) is 9.39 Å². The molecule has 0 fully saturated rings. The molecule has 1 aromatic rings. The molecule has 0 bridgehead atoms. The Morgan fingerprint density at radius 3 is 2.38 bits per heavy atom. The Morgan fingerprint density at radius 2 is 1.86 bits per heavy atom. The zero-order valence-corrected chi connectivity index (χ0v) is 13.5. The first-order chi connectivity index (χ1) is 9.92. The van der Waals surface area contributed by atoms with Gasteiger partial charge >= 0.3 is 13.6 Å². The minimum atomic E-state index is -0.508. The standard InChI is InChI=1S/C15H25BN2O3/c1-11(12-9-7-6-8-10-12)17-13(14(19)20-4)15(2,3)18-16-21-5/h6-11,13,16-18H,1-5H3/t11-,13+/m0/s1. The van der Waals surface area contributed by atoms with Crippen molar-refractivity contribution >= 4 is 13.6 Å². The molecule has 5 nitrogen and oxygen atoms in total. The van der Waals surface area contributed by atoms with Crippen LogP contribution in [0.25, 0.3) is 0 Å². The van der Waals surface area contributed by atoms with Crippen LogP contribution in [0.3, 0.4) is 0 Å². The minimum absolute atomic E-state index is 0.0268. The summed E-state index contributed by atoms with van der Waals surface area (Å²) in [5.41, 5.74) is 0.612.